The molecule has 5 nitrogen and oxygen atoms in total. The van der Waals surface area contributed by atoms with Gasteiger partial charge < -0.3 is 14.5 Å². The van der Waals surface area contributed by atoms with Gasteiger partial charge in [0.1, 0.15) is 5.58 Å². The summed E-state index contributed by atoms with van der Waals surface area (Å²) in [6.07, 6.45) is 3.87. The van der Waals surface area contributed by atoms with Crippen LogP contribution in [0.25, 0.3) is 11.0 Å². The zero-order chi connectivity index (χ0) is 20.5. The Balaban J connectivity index is 1.41. The molecule has 29 heavy (non-hydrogen) atoms. The highest BCUT2D eigenvalue weighted by atomic mass is 35.5. The second-order valence-electron chi connectivity index (χ2n) is 7.15. The molecule has 2 aromatic carbocycles. The third kappa shape index (κ3) is 4.26. The van der Waals surface area contributed by atoms with Crippen LogP contribution in [0.4, 0.5) is 5.69 Å². The van der Waals surface area contributed by atoms with Crippen LogP contribution in [0.5, 0.6) is 0 Å². The number of anilines is 1. The fourth-order valence-electron chi connectivity index (χ4n) is 3.56. The van der Waals surface area contributed by atoms with Gasteiger partial charge in [0.05, 0.1) is 23.4 Å². The molecule has 3 aromatic rings. The number of aryl methyl sites for hydroxylation is 2. The van der Waals surface area contributed by atoms with E-state index in [1.807, 2.05) is 0 Å². The van der Waals surface area contributed by atoms with Crippen molar-refractivity contribution in [2.45, 2.75) is 38.7 Å². The van der Waals surface area contributed by atoms with Crippen molar-refractivity contribution in [1.29, 1.82) is 0 Å². The quantitative estimate of drug-likeness (QED) is 0.553. The van der Waals surface area contributed by atoms with E-state index in [-0.39, 0.29) is 6.42 Å². The number of nitrogens with one attached hydrogen (secondary N) is 1. The molecule has 7 heteroatoms. The number of hydrogen-bond donors (Lipinski definition) is 1. The van der Waals surface area contributed by atoms with E-state index in [1.54, 1.807) is 18.4 Å². The van der Waals surface area contributed by atoms with Crippen LogP contribution in [0.3, 0.4) is 0 Å². The number of amides is 1. The fourth-order valence-corrected chi connectivity index (χ4v) is 3.90. The molecule has 4 rings (SSSR count). The molecule has 150 valence electrons. The number of carbonyl (C=O) groups is 2. The molecule has 0 saturated heterocycles. The van der Waals surface area contributed by atoms with Gasteiger partial charge in [-0.2, -0.15) is 0 Å². The van der Waals surface area contributed by atoms with Gasteiger partial charge in [-0.05, 0) is 67.6 Å². The van der Waals surface area contributed by atoms with Crippen molar-refractivity contribution in [3.05, 3.63) is 63.3 Å². The lowest BCUT2D eigenvalue weighted by Gasteiger charge is -2.14. The molecule has 0 fully saturated rings. The molecular weight excluding hydrogens is 413 g/mol. The van der Waals surface area contributed by atoms with Crippen molar-refractivity contribution >= 4 is 51.7 Å². The van der Waals surface area contributed by atoms with Gasteiger partial charge in [-0.1, -0.05) is 23.2 Å². The van der Waals surface area contributed by atoms with Crippen LogP contribution >= 0.6 is 23.2 Å². The molecule has 1 aliphatic rings. The normalized spacial score (nSPS) is 13.9. The lowest BCUT2D eigenvalue weighted by atomic mass is 10.0. The molecule has 1 aliphatic carbocycles. The summed E-state index contributed by atoms with van der Waals surface area (Å²) >= 11 is 12.0. The first kappa shape index (κ1) is 19.8. The van der Waals surface area contributed by atoms with Crippen molar-refractivity contribution in [2.75, 3.05) is 5.32 Å². The third-order valence-corrected chi connectivity index (χ3v) is 5.63. The van der Waals surface area contributed by atoms with Crippen molar-refractivity contribution in [3.63, 3.8) is 0 Å². The van der Waals surface area contributed by atoms with Crippen LogP contribution in [-0.4, -0.2) is 18.0 Å². The maximum Gasteiger partial charge on any atom is 0.311 e. The van der Waals surface area contributed by atoms with Crippen LogP contribution in [0, 0.1) is 0 Å². The Morgan fingerprint density at radius 2 is 1.93 bits per heavy atom. The number of carbonyl (C=O) groups excluding carboxylic acids is 2. The summed E-state index contributed by atoms with van der Waals surface area (Å²) in [7, 11) is 0. The molecule has 1 heterocycles. The second kappa shape index (κ2) is 8.09. The zero-order valence-corrected chi connectivity index (χ0v) is 17.3. The van der Waals surface area contributed by atoms with Crippen molar-refractivity contribution in [3.8, 4) is 0 Å². The summed E-state index contributed by atoms with van der Waals surface area (Å²) in [5.41, 5.74) is 4.51. The van der Waals surface area contributed by atoms with Crippen LogP contribution < -0.4 is 5.32 Å². The van der Waals surface area contributed by atoms with Gasteiger partial charge in [-0.3, -0.25) is 9.59 Å². The highest BCUT2D eigenvalue weighted by Gasteiger charge is 2.21. The SMILES string of the molecule is CC(OC(=O)Cc1coc2cc3c(cc12)CCC3)C(=O)Nc1cc(Cl)ccc1Cl. The maximum absolute atomic E-state index is 12.4. The molecule has 1 atom stereocenters. The van der Waals surface area contributed by atoms with Gasteiger partial charge in [0.2, 0.25) is 0 Å². The van der Waals surface area contributed by atoms with Crippen molar-refractivity contribution in [2.24, 2.45) is 0 Å². The number of rotatable bonds is 5. The predicted molar refractivity (Wildman–Crippen MR) is 113 cm³/mol. The van der Waals surface area contributed by atoms with Gasteiger partial charge >= 0.3 is 5.97 Å². The minimum Gasteiger partial charge on any atom is -0.464 e. The van der Waals surface area contributed by atoms with E-state index >= 15 is 0 Å². The molecule has 0 saturated carbocycles. The summed E-state index contributed by atoms with van der Waals surface area (Å²) in [4.78, 5) is 24.7. The highest BCUT2D eigenvalue weighted by Crippen LogP contribution is 2.31. The zero-order valence-electron chi connectivity index (χ0n) is 15.8. The predicted octanol–water partition coefficient (Wildman–Crippen LogP) is 5.34. The molecular formula is C22H19Cl2NO4. The molecule has 1 amide bonds. The number of benzene rings is 2. The van der Waals surface area contributed by atoms with E-state index in [2.05, 4.69) is 17.4 Å². The van der Waals surface area contributed by atoms with Crippen LogP contribution in [0.2, 0.25) is 10.0 Å². The minimum absolute atomic E-state index is 0.0291. The van der Waals surface area contributed by atoms with E-state index in [0.717, 1.165) is 35.8 Å². The first-order valence-corrected chi connectivity index (χ1v) is 10.1. The molecule has 0 radical (unpaired) electrons. The lowest BCUT2D eigenvalue weighted by Crippen LogP contribution is -2.30. The van der Waals surface area contributed by atoms with Crippen LogP contribution in [0.1, 0.15) is 30.0 Å². The highest BCUT2D eigenvalue weighted by molar-refractivity contribution is 6.35. The average molecular weight is 432 g/mol. The number of hydrogen-bond acceptors (Lipinski definition) is 4. The number of halogens is 2. The Hall–Kier alpha value is -2.50. The van der Waals surface area contributed by atoms with E-state index in [9.17, 15) is 9.59 Å². The summed E-state index contributed by atoms with van der Waals surface area (Å²) < 4.78 is 10.9. The average Bonchev–Trinajstić information content (AvgIpc) is 3.29. The number of ether oxygens (including phenoxy) is 1. The van der Waals surface area contributed by atoms with Crippen molar-refractivity contribution < 1.29 is 18.7 Å². The topological polar surface area (TPSA) is 68.5 Å². The number of furan rings is 1. The number of esters is 1. The van der Waals surface area contributed by atoms with Gasteiger partial charge in [0, 0.05) is 16.0 Å². The lowest BCUT2D eigenvalue weighted by molar-refractivity contribution is -0.152. The summed E-state index contributed by atoms with van der Waals surface area (Å²) in [6, 6.07) is 8.88. The maximum atomic E-state index is 12.4. The monoisotopic (exact) mass is 431 g/mol. The second-order valence-corrected chi connectivity index (χ2v) is 8.00. The van der Waals surface area contributed by atoms with Crippen LogP contribution in [0.15, 0.2) is 41.0 Å². The van der Waals surface area contributed by atoms with E-state index < -0.39 is 18.0 Å². The Kier molecular flexibility index (Phi) is 5.52. The summed E-state index contributed by atoms with van der Waals surface area (Å²) in [5.74, 6) is -0.995. The molecule has 0 aliphatic heterocycles. The van der Waals surface area contributed by atoms with Gasteiger partial charge in [0.25, 0.3) is 5.91 Å². The summed E-state index contributed by atoms with van der Waals surface area (Å²) in [6.45, 7) is 1.51. The van der Waals surface area contributed by atoms with E-state index in [0.29, 0.717) is 15.7 Å². The molecule has 1 unspecified atom stereocenters. The smallest absolute Gasteiger partial charge is 0.311 e. The minimum atomic E-state index is -0.986. The number of fused-ring (bicyclic) bond motifs is 2. The largest absolute Gasteiger partial charge is 0.464 e. The Bertz CT molecular complexity index is 1110. The van der Waals surface area contributed by atoms with Gasteiger partial charge in [-0.25, -0.2) is 0 Å². The molecule has 1 aromatic heterocycles. The Morgan fingerprint density at radius 3 is 2.72 bits per heavy atom. The first-order valence-electron chi connectivity index (χ1n) is 9.38. The van der Waals surface area contributed by atoms with E-state index in [4.69, 9.17) is 32.4 Å². The van der Waals surface area contributed by atoms with Crippen LogP contribution in [-0.2, 0) is 33.6 Å². The standard InChI is InChI=1S/C22H19Cl2NO4/c1-12(22(27)25-19-10-16(23)5-6-18(19)24)29-21(26)9-15-11-28-20-8-14-4-2-3-13(14)7-17(15)20/h5-8,10-12H,2-4,9H2,1H3,(H,25,27). The van der Waals surface area contributed by atoms with E-state index in [1.165, 1.54) is 24.1 Å². The van der Waals surface area contributed by atoms with Crippen molar-refractivity contribution in [1.82, 2.24) is 0 Å². The Morgan fingerprint density at radius 1 is 1.17 bits per heavy atom. The Labute approximate surface area is 177 Å². The molecule has 0 bridgehead atoms. The fraction of sp³-hybridized carbons (Fsp3) is 0.273. The first-order chi connectivity index (χ1) is 13.9. The molecule has 1 N–H and O–H groups in total. The van der Waals surface area contributed by atoms with Gasteiger partial charge in [0.15, 0.2) is 6.10 Å². The third-order valence-electron chi connectivity index (χ3n) is 5.07. The summed E-state index contributed by atoms with van der Waals surface area (Å²) in [5, 5.41) is 4.33. The molecule has 0 spiro atoms. The van der Waals surface area contributed by atoms with Gasteiger partial charge in [-0.15, -0.1) is 0 Å².